The topological polar surface area (TPSA) is 85.8 Å². The van der Waals surface area contributed by atoms with Crippen molar-refractivity contribution in [2.24, 2.45) is 0 Å². The molecule has 0 saturated carbocycles. The van der Waals surface area contributed by atoms with Crippen LogP contribution in [0.5, 0.6) is 0 Å². The second-order valence-electron chi connectivity index (χ2n) is 8.48. The Morgan fingerprint density at radius 3 is 2.50 bits per heavy atom. The van der Waals surface area contributed by atoms with Gasteiger partial charge in [0.15, 0.2) is 0 Å². The van der Waals surface area contributed by atoms with E-state index >= 15 is 0 Å². The van der Waals surface area contributed by atoms with Gasteiger partial charge in [0, 0.05) is 29.9 Å². The lowest BCUT2D eigenvalue weighted by molar-refractivity contribution is -0.116. The highest BCUT2D eigenvalue weighted by Gasteiger charge is 2.22. The van der Waals surface area contributed by atoms with Crippen molar-refractivity contribution in [2.75, 3.05) is 5.32 Å². The van der Waals surface area contributed by atoms with E-state index < -0.39 is 0 Å². The van der Waals surface area contributed by atoms with Gasteiger partial charge in [-0.05, 0) is 24.3 Å². The fourth-order valence-corrected chi connectivity index (χ4v) is 3.10. The fraction of sp³-hybridized carbons (Fsp3) is 0.250. The number of benzene rings is 2. The zero-order valence-corrected chi connectivity index (χ0v) is 18.2. The van der Waals surface area contributed by atoms with Crippen LogP contribution in [0.3, 0.4) is 0 Å². The Kier molecular flexibility index (Phi) is 5.85. The van der Waals surface area contributed by atoms with E-state index in [1.807, 2.05) is 57.2 Å². The number of carbonyl (C=O) groups is 1. The fourth-order valence-electron chi connectivity index (χ4n) is 3.10. The first-order chi connectivity index (χ1) is 15.3. The van der Waals surface area contributed by atoms with Gasteiger partial charge in [-0.3, -0.25) is 4.79 Å². The van der Waals surface area contributed by atoms with E-state index in [4.69, 9.17) is 4.52 Å². The van der Waals surface area contributed by atoms with Crippen molar-refractivity contribution < 1.29 is 13.7 Å². The van der Waals surface area contributed by atoms with Gasteiger partial charge in [-0.1, -0.05) is 56.3 Å². The third-order valence-electron chi connectivity index (χ3n) is 4.88. The summed E-state index contributed by atoms with van der Waals surface area (Å²) in [6.45, 7) is 6.11. The molecule has 164 valence electrons. The van der Waals surface area contributed by atoms with Crippen LogP contribution in [0.15, 0.2) is 65.2 Å². The van der Waals surface area contributed by atoms with Crippen LogP contribution in [-0.4, -0.2) is 25.8 Å². The average molecular weight is 433 g/mol. The van der Waals surface area contributed by atoms with Crippen LogP contribution in [-0.2, 0) is 16.6 Å². The molecule has 0 aliphatic rings. The molecule has 4 aromatic rings. The molecular weight excluding hydrogens is 409 g/mol. The first-order valence-electron chi connectivity index (χ1n) is 10.3. The van der Waals surface area contributed by atoms with Crippen LogP contribution in [0.25, 0.3) is 17.1 Å². The van der Waals surface area contributed by atoms with Crippen molar-refractivity contribution in [1.29, 1.82) is 0 Å². The number of amides is 1. The highest BCUT2D eigenvalue weighted by molar-refractivity contribution is 5.90. The summed E-state index contributed by atoms with van der Waals surface area (Å²) in [5, 5.41) is 11.5. The molecule has 0 aliphatic heterocycles. The van der Waals surface area contributed by atoms with Crippen molar-refractivity contribution in [3.8, 4) is 17.1 Å². The lowest BCUT2D eigenvalue weighted by Crippen LogP contribution is -2.15. The Labute approximate surface area is 185 Å². The van der Waals surface area contributed by atoms with E-state index in [-0.39, 0.29) is 23.6 Å². The molecular formula is C24H24FN5O2. The molecule has 2 heterocycles. The molecule has 0 spiro atoms. The molecule has 0 bridgehead atoms. The van der Waals surface area contributed by atoms with E-state index in [1.54, 1.807) is 16.8 Å². The largest absolute Gasteiger partial charge is 0.339 e. The maximum Gasteiger partial charge on any atom is 0.227 e. The van der Waals surface area contributed by atoms with Crippen LogP contribution in [0, 0.1) is 5.82 Å². The van der Waals surface area contributed by atoms with Gasteiger partial charge in [-0.25, -0.2) is 9.07 Å². The number of nitrogens with one attached hydrogen (secondary N) is 1. The van der Waals surface area contributed by atoms with Gasteiger partial charge in [0.1, 0.15) is 11.6 Å². The third kappa shape index (κ3) is 4.91. The molecule has 32 heavy (non-hydrogen) atoms. The molecule has 0 radical (unpaired) electrons. The summed E-state index contributed by atoms with van der Waals surface area (Å²) in [6, 6.07) is 17.3. The molecule has 1 N–H and O–H groups in total. The standard InChI is InChI=1S/C24H24FN5O2/c1-24(2,3)19-15-20(30(28-19)18-11-9-17(25)10-12-18)26-21(31)13-14-22-27-23(29-32-22)16-7-5-4-6-8-16/h4-12,15H,13-14H2,1-3H3,(H,26,31). The Hall–Kier alpha value is -3.81. The first-order valence-corrected chi connectivity index (χ1v) is 10.3. The SMILES string of the molecule is CC(C)(C)c1cc(NC(=O)CCc2nc(-c3ccccc3)no2)n(-c2ccc(F)cc2)n1. The number of rotatable bonds is 6. The quantitative estimate of drug-likeness (QED) is 0.466. The Morgan fingerprint density at radius 2 is 1.81 bits per heavy atom. The first kappa shape index (κ1) is 21.4. The Bertz CT molecular complexity index is 1210. The summed E-state index contributed by atoms with van der Waals surface area (Å²) >= 11 is 0. The zero-order chi connectivity index (χ0) is 22.7. The summed E-state index contributed by atoms with van der Waals surface area (Å²) < 4.78 is 20.2. The van der Waals surface area contributed by atoms with Crippen LogP contribution in [0.2, 0.25) is 0 Å². The predicted molar refractivity (Wildman–Crippen MR) is 119 cm³/mol. The molecule has 0 saturated heterocycles. The van der Waals surface area contributed by atoms with Crippen LogP contribution in [0.4, 0.5) is 10.2 Å². The lowest BCUT2D eigenvalue weighted by Gasteiger charge is -2.14. The van der Waals surface area contributed by atoms with E-state index in [9.17, 15) is 9.18 Å². The number of carbonyl (C=O) groups excluding carboxylic acids is 1. The summed E-state index contributed by atoms with van der Waals surface area (Å²) in [5.41, 5.74) is 2.09. The number of hydrogen-bond acceptors (Lipinski definition) is 5. The second-order valence-corrected chi connectivity index (χ2v) is 8.48. The maximum absolute atomic E-state index is 13.4. The smallest absolute Gasteiger partial charge is 0.227 e. The molecule has 0 aliphatic carbocycles. The van der Waals surface area contributed by atoms with Crippen molar-refractivity contribution in [1.82, 2.24) is 19.9 Å². The predicted octanol–water partition coefficient (Wildman–Crippen LogP) is 4.93. The number of aromatic nitrogens is 4. The minimum absolute atomic E-state index is 0.163. The van der Waals surface area contributed by atoms with Crippen LogP contribution in [0.1, 0.15) is 38.8 Å². The summed E-state index contributed by atoms with van der Waals surface area (Å²) in [7, 11) is 0. The number of aryl methyl sites for hydroxylation is 1. The van der Waals surface area contributed by atoms with Crippen LogP contribution < -0.4 is 5.32 Å². The Morgan fingerprint density at radius 1 is 1.09 bits per heavy atom. The lowest BCUT2D eigenvalue weighted by atomic mass is 9.92. The van der Waals surface area contributed by atoms with E-state index in [1.165, 1.54) is 12.1 Å². The normalized spacial score (nSPS) is 11.5. The van der Waals surface area contributed by atoms with Gasteiger partial charge in [0.2, 0.25) is 17.6 Å². The van der Waals surface area contributed by atoms with Crippen molar-refractivity contribution >= 4 is 11.7 Å². The van der Waals surface area contributed by atoms with Gasteiger partial charge >= 0.3 is 0 Å². The molecule has 2 aromatic carbocycles. The Balaban J connectivity index is 1.47. The minimum Gasteiger partial charge on any atom is -0.339 e. The monoisotopic (exact) mass is 433 g/mol. The maximum atomic E-state index is 13.4. The van der Waals surface area contributed by atoms with E-state index in [0.29, 0.717) is 29.6 Å². The van der Waals surface area contributed by atoms with Gasteiger partial charge in [-0.2, -0.15) is 10.1 Å². The number of hydrogen-bond donors (Lipinski definition) is 1. The van der Waals surface area contributed by atoms with Gasteiger partial charge < -0.3 is 9.84 Å². The molecule has 7 nitrogen and oxygen atoms in total. The number of nitrogens with zero attached hydrogens (tertiary/aromatic N) is 4. The minimum atomic E-state index is -0.336. The van der Waals surface area contributed by atoms with Gasteiger partial charge in [0.05, 0.1) is 11.4 Å². The average Bonchev–Trinajstić information content (AvgIpc) is 3.41. The number of halogens is 1. The third-order valence-corrected chi connectivity index (χ3v) is 4.88. The molecule has 0 fully saturated rings. The van der Waals surface area contributed by atoms with Crippen molar-refractivity contribution in [3.05, 3.63) is 78.1 Å². The number of anilines is 1. The highest BCUT2D eigenvalue weighted by atomic mass is 19.1. The summed E-state index contributed by atoms with van der Waals surface area (Å²) in [6.07, 6.45) is 0.471. The summed E-state index contributed by atoms with van der Waals surface area (Å²) in [4.78, 5) is 17.0. The van der Waals surface area contributed by atoms with E-state index in [2.05, 4.69) is 20.6 Å². The van der Waals surface area contributed by atoms with Gasteiger partial charge in [-0.15, -0.1) is 0 Å². The second kappa shape index (κ2) is 8.74. The molecule has 0 atom stereocenters. The van der Waals surface area contributed by atoms with E-state index in [0.717, 1.165) is 11.3 Å². The van der Waals surface area contributed by atoms with Crippen LogP contribution >= 0.6 is 0 Å². The molecule has 8 heteroatoms. The van der Waals surface area contributed by atoms with Gasteiger partial charge in [0.25, 0.3) is 0 Å². The molecule has 4 rings (SSSR count). The molecule has 2 aromatic heterocycles. The molecule has 1 amide bonds. The van der Waals surface area contributed by atoms with Crippen molar-refractivity contribution in [3.63, 3.8) is 0 Å². The zero-order valence-electron chi connectivity index (χ0n) is 18.2. The summed E-state index contributed by atoms with van der Waals surface area (Å²) in [5.74, 6) is 0.846. The van der Waals surface area contributed by atoms with Crippen molar-refractivity contribution in [2.45, 2.75) is 39.0 Å². The highest BCUT2D eigenvalue weighted by Crippen LogP contribution is 2.26. The molecule has 0 unspecified atom stereocenters.